The second-order valence-corrected chi connectivity index (χ2v) is 7.92. The number of carbonyl (C=O) groups excluding carboxylic acids is 2. The van der Waals surface area contributed by atoms with Gasteiger partial charge in [0, 0.05) is 12.1 Å². The summed E-state index contributed by atoms with van der Waals surface area (Å²) in [4.78, 5) is 28.1. The van der Waals surface area contributed by atoms with Gasteiger partial charge in [0.2, 0.25) is 0 Å². The third kappa shape index (κ3) is 4.96. The van der Waals surface area contributed by atoms with Gasteiger partial charge in [-0.25, -0.2) is 17.6 Å². The van der Waals surface area contributed by atoms with Crippen molar-refractivity contribution in [3.05, 3.63) is 65.5 Å². The highest BCUT2D eigenvalue weighted by atomic mass is 32.2. The lowest BCUT2D eigenvalue weighted by Gasteiger charge is -2.10. The minimum atomic E-state index is -3.71. The van der Waals surface area contributed by atoms with Gasteiger partial charge >= 0.3 is 5.97 Å². The van der Waals surface area contributed by atoms with Crippen LogP contribution in [0.2, 0.25) is 0 Å². The number of hydrogen-bond acceptors (Lipinski definition) is 6. The summed E-state index contributed by atoms with van der Waals surface area (Å²) in [5.41, 5.74) is 1.06. The Morgan fingerprint density at radius 3 is 2.59 bits per heavy atom. The number of amidine groups is 1. The number of amides is 1. The Hall–Kier alpha value is -3.27. The van der Waals surface area contributed by atoms with Crippen LogP contribution in [0.1, 0.15) is 18.1 Å². The molecule has 0 fully saturated rings. The Bertz CT molecular complexity index is 1070. The molecule has 0 aromatic heterocycles. The normalized spacial score (nSPS) is 16.6. The molecule has 0 spiro atoms. The van der Waals surface area contributed by atoms with E-state index in [1.807, 2.05) is 0 Å². The molecule has 1 amide bonds. The Kier molecular flexibility index (Phi) is 5.92. The Morgan fingerprint density at radius 1 is 1.17 bits per heavy atom. The van der Waals surface area contributed by atoms with Crippen LogP contribution in [0, 0.1) is 5.82 Å². The monoisotopic (exact) mass is 419 g/mol. The van der Waals surface area contributed by atoms with Gasteiger partial charge in [-0.3, -0.25) is 14.5 Å². The first-order chi connectivity index (χ1) is 13.8. The van der Waals surface area contributed by atoms with E-state index < -0.39 is 34.5 Å². The highest BCUT2D eigenvalue weighted by Crippen LogP contribution is 2.22. The number of benzene rings is 2. The van der Waals surface area contributed by atoms with E-state index in [1.165, 1.54) is 37.3 Å². The standard InChI is InChI=1S/C19H18FN3O5S/c1-12(22-18-15-4-2-3-5-16(15)29(26,27)23-18)19(25)28-11-17(24)21-10-13-6-8-14(20)9-7-13/h2-9,12H,10-11H2,1H3,(H,21,24)(H,22,23)/t12-/m1/s1. The van der Waals surface area contributed by atoms with Crippen molar-refractivity contribution in [3.8, 4) is 0 Å². The quantitative estimate of drug-likeness (QED) is 0.681. The van der Waals surface area contributed by atoms with Crippen LogP contribution in [0.15, 0.2) is 58.4 Å². The Balaban J connectivity index is 1.54. The summed E-state index contributed by atoms with van der Waals surface area (Å²) in [6.07, 6.45) is 0. The topological polar surface area (TPSA) is 114 Å². The van der Waals surface area contributed by atoms with Crippen molar-refractivity contribution in [2.75, 3.05) is 6.61 Å². The van der Waals surface area contributed by atoms with Crippen LogP contribution in [-0.2, 0) is 30.9 Å². The molecule has 1 aliphatic heterocycles. The van der Waals surface area contributed by atoms with E-state index >= 15 is 0 Å². The molecule has 0 unspecified atom stereocenters. The lowest BCUT2D eigenvalue weighted by Crippen LogP contribution is -2.31. The fourth-order valence-electron chi connectivity index (χ4n) is 2.59. The van der Waals surface area contributed by atoms with Crippen molar-refractivity contribution in [1.82, 2.24) is 10.0 Å². The average molecular weight is 419 g/mol. The van der Waals surface area contributed by atoms with E-state index in [1.54, 1.807) is 18.2 Å². The van der Waals surface area contributed by atoms with E-state index in [2.05, 4.69) is 15.0 Å². The molecular weight excluding hydrogens is 401 g/mol. The molecule has 0 saturated heterocycles. The molecule has 0 saturated carbocycles. The minimum absolute atomic E-state index is 0.0470. The van der Waals surface area contributed by atoms with E-state index in [0.29, 0.717) is 11.1 Å². The number of esters is 1. The van der Waals surface area contributed by atoms with Crippen molar-refractivity contribution in [1.29, 1.82) is 0 Å². The van der Waals surface area contributed by atoms with Crippen LogP contribution in [0.4, 0.5) is 4.39 Å². The fraction of sp³-hybridized carbons (Fsp3) is 0.211. The highest BCUT2D eigenvalue weighted by molar-refractivity contribution is 7.90. The van der Waals surface area contributed by atoms with Crippen molar-refractivity contribution in [2.45, 2.75) is 24.4 Å². The first-order valence-electron chi connectivity index (χ1n) is 8.64. The lowest BCUT2D eigenvalue weighted by atomic mass is 10.2. The van der Waals surface area contributed by atoms with Gasteiger partial charge in [-0.1, -0.05) is 24.3 Å². The van der Waals surface area contributed by atoms with E-state index in [9.17, 15) is 22.4 Å². The number of aliphatic imine (C=N–C) groups is 1. The summed E-state index contributed by atoms with van der Waals surface area (Å²) < 4.78 is 44.2. The molecule has 1 atom stereocenters. The van der Waals surface area contributed by atoms with Crippen LogP contribution < -0.4 is 10.0 Å². The number of hydrogen-bond donors (Lipinski definition) is 2. The average Bonchev–Trinajstić information content (AvgIpc) is 2.96. The highest BCUT2D eigenvalue weighted by Gasteiger charge is 2.31. The third-order valence-electron chi connectivity index (χ3n) is 4.08. The van der Waals surface area contributed by atoms with Gasteiger partial charge in [0.15, 0.2) is 6.61 Å². The van der Waals surface area contributed by atoms with Crippen molar-refractivity contribution in [3.63, 3.8) is 0 Å². The first kappa shape index (κ1) is 20.5. The fourth-order valence-corrected chi connectivity index (χ4v) is 3.83. The van der Waals surface area contributed by atoms with E-state index in [0.717, 1.165) is 0 Å². The maximum Gasteiger partial charge on any atom is 0.331 e. The second-order valence-electron chi connectivity index (χ2n) is 6.27. The molecule has 0 radical (unpaired) electrons. The van der Waals surface area contributed by atoms with Gasteiger partial charge in [-0.2, -0.15) is 0 Å². The number of halogens is 1. The summed E-state index contributed by atoms with van der Waals surface area (Å²) in [6.45, 7) is 1.08. The van der Waals surface area contributed by atoms with Crippen LogP contribution in [0.25, 0.3) is 0 Å². The zero-order chi connectivity index (χ0) is 21.0. The molecule has 152 valence electrons. The summed E-state index contributed by atoms with van der Waals surface area (Å²) >= 11 is 0. The largest absolute Gasteiger partial charge is 0.454 e. The van der Waals surface area contributed by atoms with Gasteiger partial charge in [0.1, 0.15) is 17.7 Å². The molecular formula is C19H18FN3O5S. The number of nitrogens with one attached hydrogen (secondary N) is 2. The smallest absolute Gasteiger partial charge is 0.331 e. The molecule has 8 nitrogen and oxygen atoms in total. The lowest BCUT2D eigenvalue weighted by molar-refractivity contribution is -0.149. The zero-order valence-corrected chi connectivity index (χ0v) is 16.2. The third-order valence-corrected chi connectivity index (χ3v) is 5.47. The molecule has 2 N–H and O–H groups in total. The van der Waals surface area contributed by atoms with Crippen LogP contribution >= 0.6 is 0 Å². The maximum atomic E-state index is 12.8. The van der Waals surface area contributed by atoms with Crippen molar-refractivity contribution in [2.24, 2.45) is 4.99 Å². The number of fused-ring (bicyclic) bond motifs is 1. The molecule has 29 heavy (non-hydrogen) atoms. The predicted octanol–water partition coefficient (Wildman–Crippen LogP) is 1.11. The molecule has 3 rings (SSSR count). The SMILES string of the molecule is C[C@@H](N=C1NS(=O)(=O)c2ccccc21)C(=O)OCC(=O)NCc1ccc(F)cc1. The maximum absolute atomic E-state index is 12.8. The molecule has 0 bridgehead atoms. The minimum Gasteiger partial charge on any atom is -0.454 e. The number of rotatable bonds is 6. The molecule has 1 aliphatic rings. The van der Waals surface area contributed by atoms with E-state index in [-0.39, 0.29) is 23.1 Å². The van der Waals surface area contributed by atoms with Crippen LogP contribution in [-0.4, -0.2) is 38.8 Å². The van der Waals surface area contributed by atoms with E-state index in [4.69, 9.17) is 4.74 Å². The summed E-state index contributed by atoms with van der Waals surface area (Å²) in [7, 11) is -3.71. The zero-order valence-electron chi connectivity index (χ0n) is 15.4. The number of carbonyl (C=O) groups is 2. The second kappa shape index (κ2) is 8.39. The summed E-state index contributed by atoms with van der Waals surface area (Å²) in [5, 5.41) is 2.54. The van der Waals surface area contributed by atoms with Gasteiger partial charge < -0.3 is 10.1 Å². The molecule has 2 aromatic rings. The first-order valence-corrected chi connectivity index (χ1v) is 10.1. The van der Waals surface area contributed by atoms with Gasteiger partial charge in [0.25, 0.3) is 15.9 Å². The van der Waals surface area contributed by atoms with Crippen molar-refractivity contribution >= 4 is 27.7 Å². The molecule has 10 heteroatoms. The summed E-state index contributed by atoms with van der Waals surface area (Å²) in [5.74, 6) is -1.64. The van der Waals surface area contributed by atoms with Gasteiger partial charge in [-0.05, 0) is 36.8 Å². The predicted molar refractivity (Wildman–Crippen MR) is 102 cm³/mol. The van der Waals surface area contributed by atoms with Crippen LogP contribution in [0.3, 0.4) is 0 Å². The van der Waals surface area contributed by atoms with Crippen LogP contribution in [0.5, 0.6) is 0 Å². The number of nitrogens with zero attached hydrogens (tertiary/aromatic N) is 1. The number of sulfonamides is 1. The molecule has 1 heterocycles. The van der Waals surface area contributed by atoms with Gasteiger partial charge in [0.05, 0.1) is 4.90 Å². The van der Waals surface area contributed by atoms with Gasteiger partial charge in [-0.15, -0.1) is 0 Å². The molecule has 2 aromatic carbocycles. The number of ether oxygens (including phenoxy) is 1. The Morgan fingerprint density at radius 2 is 1.86 bits per heavy atom. The van der Waals surface area contributed by atoms with Crippen molar-refractivity contribution < 1.29 is 27.1 Å². The molecule has 0 aliphatic carbocycles. The summed E-state index contributed by atoms with van der Waals surface area (Å²) in [6, 6.07) is 10.8. The Labute approximate surface area is 166 Å².